The van der Waals surface area contributed by atoms with Crippen LogP contribution in [-0.2, 0) is 6.61 Å². The second-order valence-electron chi connectivity index (χ2n) is 8.85. The van der Waals surface area contributed by atoms with E-state index < -0.39 is 0 Å². The molecular formula is C31H32N2O. The predicted molar refractivity (Wildman–Crippen MR) is 145 cm³/mol. The van der Waals surface area contributed by atoms with Gasteiger partial charge in [0.2, 0.25) is 0 Å². The number of nitrogens with zero attached hydrogens (tertiary/aromatic N) is 2. The molecule has 1 N–H and O–H groups in total. The summed E-state index contributed by atoms with van der Waals surface area (Å²) in [5, 5.41) is 9.57. The van der Waals surface area contributed by atoms with Gasteiger partial charge >= 0.3 is 0 Å². The van der Waals surface area contributed by atoms with Crippen LogP contribution in [0.1, 0.15) is 27.8 Å². The van der Waals surface area contributed by atoms with Crippen molar-refractivity contribution in [2.75, 3.05) is 38.0 Å². The second kappa shape index (κ2) is 10.4. The Kier molecular flexibility index (Phi) is 7.15. The first-order valence-electron chi connectivity index (χ1n) is 11.5. The van der Waals surface area contributed by atoms with E-state index in [2.05, 4.69) is 123 Å². The van der Waals surface area contributed by atoms with Gasteiger partial charge in [0.05, 0.1) is 6.61 Å². The quantitative estimate of drug-likeness (QED) is 0.335. The van der Waals surface area contributed by atoms with Gasteiger partial charge in [0, 0.05) is 39.6 Å². The van der Waals surface area contributed by atoms with Crippen molar-refractivity contribution in [1.82, 2.24) is 0 Å². The zero-order chi connectivity index (χ0) is 24.1. The largest absolute Gasteiger partial charge is 0.392 e. The van der Waals surface area contributed by atoms with Crippen molar-refractivity contribution in [3.05, 3.63) is 131 Å². The number of hydrogen-bond donors (Lipinski definition) is 1. The maximum absolute atomic E-state index is 9.57. The minimum absolute atomic E-state index is 0.0372. The van der Waals surface area contributed by atoms with Gasteiger partial charge in [0.15, 0.2) is 0 Å². The lowest BCUT2D eigenvalue weighted by atomic mass is 9.85. The van der Waals surface area contributed by atoms with Crippen LogP contribution < -0.4 is 9.80 Å². The molecular weight excluding hydrogens is 416 g/mol. The molecule has 0 saturated heterocycles. The van der Waals surface area contributed by atoms with Gasteiger partial charge in [-0.25, -0.2) is 0 Å². The van der Waals surface area contributed by atoms with Gasteiger partial charge in [-0.05, 0) is 63.2 Å². The Bertz CT molecular complexity index is 1180. The molecule has 0 aliphatic rings. The second-order valence-corrected chi connectivity index (χ2v) is 8.85. The fourth-order valence-corrected chi connectivity index (χ4v) is 4.14. The standard InChI is InChI=1S/C31H32N2O/c1-32(2)28-18-14-26(15-19-28)31(27-16-20-29(21-17-27)33(3)4)30(24-8-6-5-7-9-24)25-12-10-23(22-34)11-13-25/h5-21,34H,22H2,1-4H3. The molecule has 0 spiro atoms. The summed E-state index contributed by atoms with van der Waals surface area (Å²) in [6, 6.07) is 36.2. The summed E-state index contributed by atoms with van der Waals surface area (Å²) in [6.07, 6.45) is 0. The maximum atomic E-state index is 9.57. The molecule has 0 unspecified atom stereocenters. The summed E-state index contributed by atoms with van der Waals surface area (Å²) in [5.41, 5.74) is 10.2. The zero-order valence-corrected chi connectivity index (χ0v) is 20.4. The predicted octanol–water partition coefficient (Wildman–Crippen LogP) is 6.32. The average molecular weight is 449 g/mol. The van der Waals surface area contributed by atoms with Crippen molar-refractivity contribution in [3.8, 4) is 0 Å². The highest BCUT2D eigenvalue weighted by Crippen LogP contribution is 2.38. The Hall–Kier alpha value is -3.82. The molecule has 0 aliphatic heterocycles. The summed E-state index contributed by atoms with van der Waals surface area (Å²) in [4.78, 5) is 4.23. The van der Waals surface area contributed by atoms with Gasteiger partial charge in [0.25, 0.3) is 0 Å². The van der Waals surface area contributed by atoms with Crippen LogP contribution in [0.5, 0.6) is 0 Å². The fourth-order valence-electron chi connectivity index (χ4n) is 4.14. The van der Waals surface area contributed by atoms with E-state index in [9.17, 15) is 5.11 Å². The van der Waals surface area contributed by atoms with E-state index in [0.717, 1.165) is 27.8 Å². The highest BCUT2D eigenvalue weighted by atomic mass is 16.3. The van der Waals surface area contributed by atoms with E-state index in [-0.39, 0.29) is 6.61 Å². The number of benzene rings is 4. The average Bonchev–Trinajstić information content (AvgIpc) is 2.88. The molecule has 0 atom stereocenters. The third-order valence-electron chi connectivity index (χ3n) is 6.08. The van der Waals surface area contributed by atoms with Crippen LogP contribution in [0.25, 0.3) is 11.1 Å². The van der Waals surface area contributed by atoms with Crippen molar-refractivity contribution in [2.45, 2.75) is 6.61 Å². The third-order valence-corrected chi connectivity index (χ3v) is 6.08. The Morgan fingerprint density at radius 1 is 0.500 bits per heavy atom. The van der Waals surface area contributed by atoms with Crippen LogP contribution in [0.4, 0.5) is 11.4 Å². The molecule has 34 heavy (non-hydrogen) atoms. The van der Waals surface area contributed by atoms with E-state index >= 15 is 0 Å². The van der Waals surface area contributed by atoms with E-state index in [4.69, 9.17) is 0 Å². The van der Waals surface area contributed by atoms with Crippen LogP contribution in [0.2, 0.25) is 0 Å². The number of anilines is 2. The summed E-state index contributed by atoms with van der Waals surface area (Å²) in [5.74, 6) is 0. The van der Waals surface area contributed by atoms with Crippen LogP contribution in [0, 0.1) is 0 Å². The van der Waals surface area contributed by atoms with Gasteiger partial charge in [-0.15, -0.1) is 0 Å². The lowest BCUT2D eigenvalue weighted by Gasteiger charge is -2.20. The van der Waals surface area contributed by atoms with Crippen molar-refractivity contribution in [3.63, 3.8) is 0 Å². The molecule has 0 fully saturated rings. The highest BCUT2D eigenvalue weighted by molar-refractivity contribution is 6.04. The molecule has 3 nitrogen and oxygen atoms in total. The van der Waals surface area contributed by atoms with Crippen molar-refractivity contribution in [1.29, 1.82) is 0 Å². The Labute approximate surface area is 203 Å². The maximum Gasteiger partial charge on any atom is 0.0681 e. The molecule has 0 amide bonds. The monoisotopic (exact) mass is 448 g/mol. The normalized spacial score (nSPS) is 10.6. The summed E-state index contributed by atoms with van der Waals surface area (Å²) >= 11 is 0. The molecule has 4 aromatic carbocycles. The topological polar surface area (TPSA) is 26.7 Å². The lowest BCUT2D eigenvalue weighted by Crippen LogP contribution is -2.09. The molecule has 0 aliphatic carbocycles. The first-order valence-corrected chi connectivity index (χ1v) is 11.5. The summed E-state index contributed by atoms with van der Waals surface area (Å²) in [6.45, 7) is 0.0372. The number of rotatable bonds is 7. The zero-order valence-electron chi connectivity index (χ0n) is 20.4. The number of hydrogen-bond acceptors (Lipinski definition) is 3. The van der Waals surface area contributed by atoms with Crippen LogP contribution in [-0.4, -0.2) is 33.3 Å². The molecule has 0 heterocycles. The SMILES string of the molecule is CN(C)c1ccc(C(=C(c2ccccc2)c2ccc(CO)cc2)c2ccc(N(C)C)cc2)cc1. The van der Waals surface area contributed by atoms with Gasteiger partial charge in [-0.2, -0.15) is 0 Å². The van der Waals surface area contributed by atoms with Gasteiger partial charge < -0.3 is 14.9 Å². The van der Waals surface area contributed by atoms with E-state index in [0.29, 0.717) is 0 Å². The molecule has 4 aromatic rings. The van der Waals surface area contributed by atoms with Gasteiger partial charge in [-0.1, -0.05) is 78.9 Å². The summed E-state index contributed by atoms with van der Waals surface area (Å²) < 4.78 is 0. The molecule has 0 aromatic heterocycles. The minimum atomic E-state index is 0.0372. The molecule has 0 saturated carbocycles. The molecule has 0 bridgehead atoms. The van der Waals surface area contributed by atoms with Crippen LogP contribution >= 0.6 is 0 Å². The van der Waals surface area contributed by atoms with Crippen molar-refractivity contribution >= 4 is 22.5 Å². The van der Waals surface area contributed by atoms with Gasteiger partial charge in [-0.3, -0.25) is 0 Å². The third kappa shape index (κ3) is 5.05. The van der Waals surface area contributed by atoms with E-state index in [1.54, 1.807) is 0 Å². The van der Waals surface area contributed by atoms with E-state index in [1.807, 2.05) is 18.2 Å². The molecule has 3 heteroatoms. The van der Waals surface area contributed by atoms with Crippen LogP contribution in [0.3, 0.4) is 0 Å². The molecule has 172 valence electrons. The van der Waals surface area contributed by atoms with Crippen molar-refractivity contribution < 1.29 is 5.11 Å². The van der Waals surface area contributed by atoms with Crippen molar-refractivity contribution in [2.24, 2.45) is 0 Å². The fraction of sp³-hybridized carbons (Fsp3) is 0.161. The lowest BCUT2D eigenvalue weighted by molar-refractivity contribution is 0.282. The molecule has 0 radical (unpaired) electrons. The first-order chi connectivity index (χ1) is 16.5. The Balaban J connectivity index is 2.02. The smallest absolute Gasteiger partial charge is 0.0681 e. The highest BCUT2D eigenvalue weighted by Gasteiger charge is 2.17. The molecule has 4 rings (SSSR count). The van der Waals surface area contributed by atoms with Gasteiger partial charge in [0.1, 0.15) is 0 Å². The Morgan fingerprint density at radius 2 is 0.853 bits per heavy atom. The Morgan fingerprint density at radius 3 is 1.21 bits per heavy atom. The number of aliphatic hydroxyl groups excluding tert-OH is 1. The summed E-state index contributed by atoms with van der Waals surface area (Å²) in [7, 11) is 8.24. The first kappa shape index (κ1) is 23.3. The van der Waals surface area contributed by atoms with Crippen LogP contribution in [0.15, 0.2) is 103 Å². The minimum Gasteiger partial charge on any atom is -0.392 e. The number of aliphatic hydroxyl groups is 1. The van der Waals surface area contributed by atoms with E-state index in [1.165, 1.54) is 22.5 Å².